The summed E-state index contributed by atoms with van der Waals surface area (Å²) in [5, 5.41) is 2.86. The first-order chi connectivity index (χ1) is 11.9. The maximum absolute atomic E-state index is 11.5. The molecule has 2 aromatic carbocycles. The van der Waals surface area contributed by atoms with Crippen LogP contribution in [0.1, 0.15) is 29.2 Å². The van der Waals surface area contributed by atoms with E-state index in [4.69, 9.17) is 9.47 Å². The highest BCUT2D eigenvalue weighted by molar-refractivity contribution is 5.95. The quantitative estimate of drug-likeness (QED) is 0.685. The van der Waals surface area contributed by atoms with E-state index in [1.165, 1.54) is 12.5 Å². The molecule has 1 aliphatic rings. The minimum Gasteiger partial charge on any atom is -0.481 e. The lowest BCUT2D eigenvalue weighted by Gasteiger charge is -2.21. The van der Waals surface area contributed by atoms with Crippen molar-refractivity contribution in [3.63, 3.8) is 0 Å². The summed E-state index contributed by atoms with van der Waals surface area (Å²) < 4.78 is 10.6. The standard InChI is InChI=1S/C20H21NO4/c1-12-9-17(25-14(3)22)7-6-16(12)5-4-15-8-13(2)20-18(10-15)21-19(23)11-24-20/h6-10H,4-5,11H2,1-3H3,(H,21,23). The predicted molar refractivity (Wildman–Crippen MR) is 95.2 cm³/mol. The summed E-state index contributed by atoms with van der Waals surface area (Å²) in [4.78, 5) is 22.5. The summed E-state index contributed by atoms with van der Waals surface area (Å²) in [5.74, 6) is 0.880. The maximum atomic E-state index is 11.5. The van der Waals surface area contributed by atoms with Gasteiger partial charge in [-0.1, -0.05) is 12.1 Å². The Bertz CT molecular complexity index is 842. The number of ether oxygens (including phenoxy) is 2. The number of carbonyl (C=O) groups excluding carboxylic acids is 2. The SMILES string of the molecule is CC(=O)Oc1ccc(CCc2cc(C)c3c(c2)NC(=O)CO3)c(C)c1. The highest BCUT2D eigenvalue weighted by atomic mass is 16.5. The van der Waals surface area contributed by atoms with Crippen LogP contribution in [-0.2, 0) is 22.4 Å². The van der Waals surface area contributed by atoms with Gasteiger partial charge in [0.05, 0.1) is 5.69 Å². The summed E-state index contributed by atoms with van der Waals surface area (Å²) in [6.45, 7) is 5.46. The first-order valence-electron chi connectivity index (χ1n) is 8.26. The van der Waals surface area contributed by atoms with Crippen LogP contribution >= 0.6 is 0 Å². The largest absolute Gasteiger partial charge is 0.481 e. The molecule has 1 aliphatic heterocycles. The second-order valence-corrected chi connectivity index (χ2v) is 6.31. The van der Waals surface area contributed by atoms with Gasteiger partial charge in [-0.05, 0) is 67.1 Å². The predicted octanol–water partition coefficient (Wildman–Crippen LogP) is 3.34. The number of nitrogens with one attached hydrogen (secondary N) is 1. The first kappa shape index (κ1) is 17.0. The molecule has 0 saturated carbocycles. The number of hydrogen-bond acceptors (Lipinski definition) is 4. The Hall–Kier alpha value is -2.82. The number of amides is 1. The highest BCUT2D eigenvalue weighted by Gasteiger charge is 2.18. The van der Waals surface area contributed by atoms with Crippen LogP contribution in [-0.4, -0.2) is 18.5 Å². The van der Waals surface area contributed by atoms with E-state index in [0.29, 0.717) is 5.75 Å². The minimum absolute atomic E-state index is 0.0705. The van der Waals surface area contributed by atoms with Gasteiger partial charge in [-0.25, -0.2) is 0 Å². The van der Waals surface area contributed by atoms with E-state index in [0.717, 1.165) is 41.0 Å². The zero-order valence-electron chi connectivity index (χ0n) is 14.6. The molecule has 2 aromatic rings. The third kappa shape index (κ3) is 3.99. The second kappa shape index (κ2) is 6.97. The summed E-state index contributed by atoms with van der Waals surface area (Å²) in [6, 6.07) is 9.75. The van der Waals surface area contributed by atoms with E-state index in [2.05, 4.69) is 11.4 Å². The van der Waals surface area contributed by atoms with Gasteiger partial charge in [0.1, 0.15) is 11.5 Å². The van der Waals surface area contributed by atoms with Crippen molar-refractivity contribution in [2.75, 3.05) is 11.9 Å². The molecule has 3 rings (SSSR count). The molecule has 0 aliphatic carbocycles. The normalized spacial score (nSPS) is 12.8. The molecule has 5 heteroatoms. The van der Waals surface area contributed by atoms with Gasteiger partial charge in [0.2, 0.25) is 0 Å². The molecular weight excluding hydrogens is 318 g/mol. The number of carbonyl (C=O) groups is 2. The van der Waals surface area contributed by atoms with Gasteiger partial charge in [0.15, 0.2) is 6.61 Å². The van der Waals surface area contributed by atoms with Crippen LogP contribution in [0.15, 0.2) is 30.3 Å². The van der Waals surface area contributed by atoms with Gasteiger partial charge in [0.25, 0.3) is 5.91 Å². The van der Waals surface area contributed by atoms with Crippen LogP contribution in [0.25, 0.3) is 0 Å². The van der Waals surface area contributed by atoms with Gasteiger partial charge in [-0.2, -0.15) is 0 Å². The summed E-state index contributed by atoms with van der Waals surface area (Å²) in [6.07, 6.45) is 1.71. The molecule has 0 saturated heterocycles. The van der Waals surface area contributed by atoms with Crippen LogP contribution in [0.3, 0.4) is 0 Å². The van der Waals surface area contributed by atoms with Crippen LogP contribution < -0.4 is 14.8 Å². The third-order valence-electron chi connectivity index (χ3n) is 4.21. The van der Waals surface area contributed by atoms with Crippen molar-refractivity contribution in [2.45, 2.75) is 33.6 Å². The van der Waals surface area contributed by atoms with Crippen molar-refractivity contribution in [3.8, 4) is 11.5 Å². The topological polar surface area (TPSA) is 64.6 Å². The lowest BCUT2D eigenvalue weighted by atomic mass is 9.98. The van der Waals surface area contributed by atoms with E-state index in [1.807, 2.05) is 38.1 Å². The Morgan fingerprint density at radius 3 is 2.68 bits per heavy atom. The zero-order valence-corrected chi connectivity index (χ0v) is 14.6. The fourth-order valence-electron chi connectivity index (χ4n) is 3.06. The highest BCUT2D eigenvalue weighted by Crippen LogP contribution is 2.33. The van der Waals surface area contributed by atoms with Crippen molar-refractivity contribution >= 4 is 17.6 Å². The molecule has 5 nitrogen and oxygen atoms in total. The van der Waals surface area contributed by atoms with Crippen molar-refractivity contribution in [2.24, 2.45) is 0 Å². The summed E-state index contributed by atoms with van der Waals surface area (Å²) in [7, 11) is 0. The van der Waals surface area contributed by atoms with E-state index >= 15 is 0 Å². The van der Waals surface area contributed by atoms with Crippen LogP contribution in [0, 0.1) is 13.8 Å². The maximum Gasteiger partial charge on any atom is 0.308 e. The van der Waals surface area contributed by atoms with Crippen LogP contribution in [0.5, 0.6) is 11.5 Å². The molecule has 25 heavy (non-hydrogen) atoms. The summed E-state index contributed by atoms with van der Waals surface area (Å²) in [5.41, 5.74) is 5.20. The molecule has 0 aromatic heterocycles. The van der Waals surface area contributed by atoms with Gasteiger partial charge in [0, 0.05) is 6.92 Å². The van der Waals surface area contributed by atoms with Gasteiger partial charge < -0.3 is 14.8 Å². The Balaban J connectivity index is 1.73. The first-order valence-corrected chi connectivity index (χ1v) is 8.26. The molecule has 0 fully saturated rings. The number of aryl methyl sites for hydroxylation is 4. The summed E-state index contributed by atoms with van der Waals surface area (Å²) >= 11 is 0. The van der Waals surface area contributed by atoms with E-state index < -0.39 is 0 Å². The lowest BCUT2D eigenvalue weighted by Crippen LogP contribution is -2.26. The number of benzene rings is 2. The molecule has 0 spiro atoms. The molecule has 0 bridgehead atoms. The molecule has 0 radical (unpaired) electrons. The van der Waals surface area contributed by atoms with Crippen molar-refractivity contribution in [1.82, 2.24) is 0 Å². The van der Waals surface area contributed by atoms with E-state index in [-0.39, 0.29) is 18.5 Å². The zero-order chi connectivity index (χ0) is 18.0. The Morgan fingerprint density at radius 2 is 1.96 bits per heavy atom. The fourth-order valence-corrected chi connectivity index (χ4v) is 3.06. The number of hydrogen-bond donors (Lipinski definition) is 1. The fraction of sp³-hybridized carbons (Fsp3) is 0.300. The molecule has 130 valence electrons. The monoisotopic (exact) mass is 339 g/mol. The number of fused-ring (bicyclic) bond motifs is 1. The second-order valence-electron chi connectivity index (χ2n) is 6.31. The van der Waals surface area contributed by atoms with E-state index in [1.54, 1.807) is 0 Å². The minimum atomic E-state index is -0.319. The van der Waals surface area contributed by atoms with Gasteiger partial charge in [-0.3, -0.25) is 9.59 Å². The number of esters is 1. The Labute approximate surface area is 147 Å². The van der Waals surface area contributed by atoms with Crippen LogP contribution in [0.4, 0.5) is 5.69 Å². The van der Waals surface area contributed by atoms with Crippen LogP contribution in [0.2, 0.25) is 0 Å². The lowest BCUT2D eigenvalue weighted by molar-refractivity contribution is -0.131. The smallest absolute Gasteiger partial charge is 0.308 e. The van der Waals surface area contributed by atoms with Crippen molar-refractivity contribution < 1.29 is 19.1 Å². The molecular formula is C20H21NO4. The molecule has 1 N–H and O–H groups in total. The average molecular weight is 339 g/mol. The number of rotatable bonds is 4. The van der Waals surface area contributed by atoms with Crippen molar-refractivity contribution in [1.29, 1.82) is 0 Å². The molecule has 1 amide bonds. The average Bonchev–Trinajstić information content (AvgIpc) is 2.53. The van der Waals surface area contributed by atoms with Gasteiger partial charge >= 0.3 is 5.97 Å². The molecule has 0 atom stereocenters. The van der Waals surface area contributed by atoms with E-state index in [9.17, 15) is 9.59 Å². The third-order valence-corrected chi connectivity index (χ3v) is 4.21. The Morgan fingerprint density at radius 1 is 1.16 bits per heavy atom. The Kier molecular flexibility index (Phi) is 4.74. The molecule has 1 heterocycles. The number of anilines is 1. The molecule has 0 unspecified atom stereocenters. The van der Waals surface area contributed by atoms with Crippen molar-refractivity contribution in [3.05, 3.63) is 52.6 Å². The van der Waals surface area contributed by atoms with Gasteiger partial charge in [-0.15, -0.1) is 0 Å².